The normalized spacial score (nSPS) is 11.2. The van der Waals surface area contributed by atoms with Crippen LogP contribution in [0.1, 0.15) is 32.6 Å². The summed E-state index contributed by atoms with van der Waals surface area (Å²) in [7, 11) is 0. The number of hydrogen-bond acceptors (Lipinski definition) is 4. The summed E-state index contributed by atoms with van der Waals surface area (Å²) in [6.07, 6.45) is 0.827. The maximum absolute atomic E-state index is 5.86. The van der Waals surface area contributed by atoms with Gasteiger partial charge in [0, 0.05) is 24.6 Å². The van der Waals surface area contributed by atoms with Crippen molar-refractivity contribution >= 4 is 5.82 Å². The molecule has 0 bridgehead atoms. The van der Waals surface area contributed by atoms with Crippen LogP contribution in [0, 0.1) is 0 Å². The lowest BCUT2D eigenvalue weighted by Gasteiger charge is -2.06. The van der Waals surface area contributed by atoms with Gasteiger partial charge in [0.25, 0.3) is 0 Å². The second-order valence-electron chi connectivity index (χ2n) is 4.02. The molecule has 86 valence electrons. The van der Waals surface area contributed by atoms with E-state index in [9.17, 15) is 0 Å². The summed E-state index contributed by atoms with van der Waals surface area (Å²) in [5.41, 5.74) is 7.36. The second-order valence-corrected chi connectivity index (χ2v) is 4.02. The van der Waals surface area contributed by atoms with Crippen molar-refractivity contribution in [2.24, 2.45) is 0 Å². The molecule has 2 aromatic rings. The zero-order valence-electron chi connectivity index (χ0n) is 9.77. The molecule has 0 aliphatic rings. The number of anilines is 1. The van der Waals surface area contributed by atoms with Gasteiger partial charge in [-0.3, -0.25) is 0 Å². The summed E-state index contributed by atoms with van der Waals surface area (Å²) in [5, 5.41) is 8.36. The number of nitrogen functional groups attached to an aromatic ring is 1. The minimum atomic E-state index is 0.242. The predicted molar refractivity (Wildman–Crippen MR) is 61.9 cm³/mol. The molecular weight excluding hydrogens is 204 g/mol. The number of nitrogens with zero attached hydrogens (tertiary/aromatic N) is 3. The van der Waals surface area contributed by atoms with Gasteiger partial charge in [0.15, 0.2) is 0 Å². The molecule has 0 radical (unpaired) electrons. The van der Waals surface area contributed by atoms with Crippen LogP contribution in [0.25, 0.3) is 11.4 Å². The Kier molecular flexibility index (Phi) is 2.68. The van der Waals surface area contributed by atoms with Crippen molar-refractivity contribution in [1.29, 1.82) is 0 Å². The van der Waals surface area contributed by atoms with E-state index in [0.29, 0.717) is 5.82 Å². The Hall–Kier alpha value is -1.78. The largest absolute Gasteiger partial charge is 0.384 e. The Balaban J connectivity index is 2.37. The second kappa shape index (κ2) is 4.00. The van der Waals surface area contributed by atoms with Crippen molar-refractivity contribution < 1.29 is 4.52 Å². The van der Waals surface area contributed by atoms with Gasteiger partial charge in [0.1, 0.15) is 23.0 Å². The number of rotatable bonds is 3. The lowest BCUT2D eigenvalue weighted by molar-refractivity contribution is 0.388. The maximum atomic E-state index is 5.86. The Morgan fingerprint density at radius 2 is 2.12 bits per heavy atom. The fraction of sp³-hybridized carbons (Fsp3) is 0.455. The third-order valence-corrected chi connectivity index (χ3v) is 2.42. The van der Waals surface area contributed by atoms with Gasteiger partial charge < -0.3 is 10.3 Å². The summed E-state index contributed by atoms with van der Waals surface area (Å²) in [6, 6.07) is 3.95. The van der Waals surface area contributed by atoms with E-state index in [-0.39, 0.29) is 6.04 Å². The van der Waals surface area contributed by atoms with E-state index < -0.39 is 0 Å². The molecule has 0 aliphatic heterocycles. The van der Waals surface area contributed by atoms with Crippen molar-refractivity contribution in [3.63, 3.8) is 0 Å². The van der Waals surface area contributed by atoms with Gasteiger partial charge in [0.2, 0.25) is 0 Å². The molecule has 2 aromatic heterocycles. The van der Waals surface area contributed by atoms with Gasteiger partial charge in [0.05, 0.1) is 0 Å². The Bertz CT molecular complexity index is 484. The van der Waals surface area contributed by atoms with Crippen LogP contribution in [0.15, 0.2) is 16.7 Å². The van der Waals surface area contributed by atoms with Crippen molar-refractivity contribution in [2.45, 2.75) is 33.2 Å². The van der Waals surface area contributed by atoms with E-state index in [1.54, 1.807) is 4.68 Å². The van der Waals surface area contributed by atoms with Gasteiger partial charge in [-0.2, -0.15) is 5.10 Å². The smallest absolute Gasteiger partial charge is 0.137 e. The van der Waals surface area contributed by atoms with Gasteiger partial charge in [-0.25, -0.2) is 4.68 Å². The minimum Gasteiger partial charge on any atom is -0.384 e. The number of aromatic nitrogens is 3. The van der Waals surface area contributed by atoms with Gasteiger partial charge in [-0.15, -0.1) is 0 Å². The molecule has 16 heavy (non-hydrogen) atoms. The van der Waals surface area contributed by atoms with Crippen molar-refractivity contribution in [3.8, 4) is 11.4 Å². The standard InChI is InChI=1S/C11H16N4O/c1-4-8-5-10(14-16-8)9-6-11(12)15(13-9)7(2)3/h5-7H,4,12H2,1-3H3. The molecule has 0 unspecified atom stereocenters. The fourth-order valence-electron chi connectivity index (χ4n) is 1.55. The molecule has 0 aliphatic carbocycles. The lowest BCUT2D eigenvalue weighted by Crippen LogP contribution is -2.06. The molecule has 2 heterocycles. The van der Waals surface area contributed by atoms with Crippen LogP contribution in [-0.4, -0.2) is 14.9 Å². The van der Waals surface area contributed by atoms with Gasteiger partial charge >= 0.3 is 0 Å². The maximum Gasteiger partial charge on any atom is 0.137 e. The Morgan fingerprint density at radius 3 is 2.62 bits per heavy atom. The molecule has 0 spiro atoms. The van der Waals surface area contributed by atoms with Gasteiger partial charge in [-0.05, 0) is 13.8 Å². The summed E-state index contributed by atoms with van der Waals surface area (Å²) in [4.78, 5) is 0. The quantitative estimate of drug-likeness (QED) is 0.861. The average Bonchev–Trinajstić information content (AvgIpc) is 2.83. The highest BCUT2D eigenvalue weighted by Crippen LogP contribution is 2.22. The third-order valence-electron chi connectivity index (χ3n) is 2.42. The van der Waals surface area contributed by atoms with Crippen LogP contribution in [0.5, 0.6) is 0 Å². The highest BCUT2D eigenvalue weighted by molar-refractivity contribution is 5.58. The molecule has 0 fully saturated rings. The molecule has 5 heteroatoms. The van der Waals surface area contributed by atoms with Crippen molar-refractivity contribution in [3.05, 3.63) is 17.9 Å². The van der Waals surface area contributed by atoms with Crippen LogP contribution in [0.3, 0.4) is 0 Å². The third kappa shape index (κ3) is 1.80. The molecule has 0 atom stereocenters. The van der Waals surface area contributed by atoms with Crippen molar-refractivity contribution in [1.82, 2.24) is 14.9 Å². The van der Waals surface area contributed by atoms with Crippen LogP contribution >= 0.6 is 0 Å². The summed E-state index contributed by atoms with van der Waals surface area (Å²) < 4.78 is 6.91. The predicted octanol–water partition coefficient (Wildman–Crippen LogP) is 2.26. The van der Waals surface area contributed by atoms with Gasteiger partial charge in [-0.1, -0.05) is 12.1 Å². The Labute approximate surface area is 94.2 Å². The first-order valence-corrected chi connectivity index (χ1v) is 5.42. The van der Waals surface area contributed by atoms with E-state index in [4.69, 9.17) is 10.3 Å². The molecule has 0 saturated heterocycles. The Morgan fingerprint density at radius 1 is 1.38 bits per heavy atom. The average molecular weight is 220 g/mol. The van der Waals surface area contributed by atoms with E-state index >= 15 is 0 Å². The van der Waals surface area contributed by atoms with E-state index in [0.717, 1.165) is 23.6 Å². The first-order valence-electron chi connectivity index (χ1n) is 5.42. The van der Waals surface area contributed by atoms with E-state index in [1.165, 1.54) is 0 Å². The number of hydrogen-bond donors (Lipinski definition) is 1. The molecule has 5 nitrogen and oxygen atoms in total. The minimum absolute atomic E-state index is 0.242. The first-order chi connectivity index (χ1) is 7.61. The number of aryl methyl sites for hydroxylation is 1. The van der Waals surface area contributed by atoms with Crippen LogP contribution < -0.4 is 5.73 Å². The molecule has 0 aromatic carbocycles. The monoisotopic (exact) mass is 220 g/mol. The van der Waals surface area contributed by atoms with Crippen LogP contribution in [0.4, 0.5) is 5.82 Å². The SMILES string of the molecule is CCc1cc(-c2cc(N)n(C(C)C)n2)no1. The summed E-state index contributed by atoms with van der Waals surface area (Å²) in [5.74, 6) is 1.50. The summed E-state index contributed by atoms with van der Waals surface area (Å²) >= 11 is 0. The highest BCUT2D eigenvalue weighted by Gasteiger charge is 2.12. The van der Waals surface area contributed by atoms with Crippen molar-refractivity contribution in [2.75, 3.05) is 5.73 Å². The molecule has 2 rings (SSSR count). The lowest BCUT2D eigenvalue weighted by atomic mass is 10.2. The molecular formula is C11H16N4O. The van der Waals surface area contributed by atoms with E-state index in [2.05, 4.69) is 10.3 Å². The van der Waals surface area contributed by atoms with E-state index in [1.807, 2.05) is 32.9 Å². The first kappa shape index (κ1) is 10.7. The molecule has 0 saturated carbocycles. The van der Waals surface area contributed by atoms with Crippen LogP contribution in [-0.2, 0) is 6.42 Å². The summed E-state index contributed by atoms with van der Waals surface area (Å²) in [6.45, 7) is 6.09. The van der Waals surface area contributed by atoms with Crippen LogP contribution in [0.2, 0.25) is 0 Å². The zero-order chi connectivity index (χ0) is 11.7. The fourth-order valence-corrected chi connectivity index (χ4v) is 1.55. The molecule has 0 amide bonds. The molecule has 2 N–H and O–H groups in total. The topological polar surface area (TPSA) is 69.9 Å². The highest BCUT2D eigenvalue weighted by atomic mass is 16.5. The zero-order valence-corrected chi connectivity index (χ0v) is 9.77. The number of nitrogens with two attached hydrogens (primary N) is 1.